The average Bonchev–Trinajstić information content (AvgIpc) is 2.23. The maximum absolute atomic E-state index is 11.3. The summed E-state index contributed by atoms with van der Waals surface area (Å²) in [6, 6.07) is 6.19. The molecule has 0 atom stereocenters. The van der Waals surface area contributed by atoms with Gasteiger partial charge in [0.05, 0.1) is 5.52 Å². The van der Waals surface area contributed by atoms with E-state index in [4.69, 9.17) is 5.26 Å². The van der Waals surface area contributed by atoms with E-state index in [9.17, 15) is 10.0 Å². The van der Waals surface area contributed by atoms with Crippen LogP contribution in [0.1, 0.15) is 5.56 Å². The van der Waals surface area contributed by atoms with Gasteiger partial charge in [0.1, 0.15) is 17.1 Å². The van der Waals surface area contributed by atoms with Crippen LogP contribution >= 0.6 is 0 Å². The summed E-state index contributed by atoms with van der Waals surface area (Å²) in [5.74, 6) is 0. The molecule has 0 aliphatic heterocycles. The largest absolute Gasteiger partial charge is 0.425 e. The Morgan fingerprint density at radius 1 is 1.57 bits per heavy atom. The summed E-state index contributed by atoms with van der Waals surface area (Å²) in [6.45, 7) is 0. The smallest absolute Gasteiger partial charge is 0.301 e. The highest BCUT2D eigenvalue weighted by Crippen LogP contribution is 2.07. The molecule has 0 fully saturated rings. The molecule has 2 heterocycles. The second kappa shape index (κ2) is 2.85. The molecule has 5 nitrogen and oxygen atoms in total. The van der Waals surface area contributed by atoms with E-state index in [-0.39, 0.29) is 11.1 Å². The molecular formula is C9H5N3O2. The number of rotatable bonds is 0. The summed E-state index contributed by atoms with van der Waals surface area (Å²) in [5.41, 5.74) is -0.158. The molecule has 2 aromatic rings. The Labute approximate surface area is 78.4 Å². The molecule has 0 saturated carbocycles. The number of nitriles is 1. The van der Waals surface area contributed by atoms with Crippen molar-refractivity contribution in [3.63, 3.8) is 0 Å². The molecule has 0 amide bonds. The SMILES string of the molecule is N#Cc1cc2ncccc2n(O)c1=O. The zero-order chi connectivity index (χ0) is 10.1. The van der Waals surface area contributed by atoms with Crippen LogP contribution in [0.15, 0.2) is 29.2 Å². The molecular weight excluding hydrogens is 182 g/mol. The molecule has 0 unspecified atom stereocenters. The predicted octanol–water partition coefficient (Wildman–Crippen LogP) is 0.505. The second-order valence-corrected chi connectivity index (χ2v) is 2.69. The highest BCUT2D eigenvalue weighted by Gasteiger charge is 2.07. The first-order valence-electron chi connectivity index (χ1n) is 3.84. The summed E-state index contributed by atoms with van der Waals surface area (Å²) in [4.78, 5) is 15.2. The second-order valence-electron chi connectivity index (χ2n) is 2.69. The fourth-order valence-corrected chi connectivity index (χ4v) is 1.20. The van der Waals surface area contributed by atoms with Gasteiger partial charge in [0.15, 0.2) is 0 Å². The van der Waals surface area contributed by atoms with Crippen LogP contribution in [0.2, 0.25) is 0 Å². The van der Waals surface area contributed by atoms with Crippen LogP contribution in [0.5, 0.6) is 0 Å². The van der Waals surface area contributed by atoms with Crippen LogP contribution in [0.25, 0.3) is 11.0 Å². The van der Waals surface area contributed by atoms with Crippen molar-refractivity contribution in [3.8, 4) is 6.07 Å². The first-order chi connectivity index (χ1) is 6.74. The van der Waals surface area contributed by atoms with Crippen LogP contribution in [0.3, 0.4) is 0 Å². The maximum Gasteiger partial charge on any atom is 0.301 e. The molecule has 2 rings (SSSR count). The minimum atomic E-state index is -0.729. The molecule has 0 radical (unpaired) electrons. The van der Waals surface area contributed by atoms with Gasteiger partial charge in [-0.3, -0.25) is 9.78 Å². The summed E-state index contributed by atoms with van der Waals surface area (Å²) >= 11 is 0. The van der Waals surface area contributed by atoms with Gasteiger partial charge in [-0.05, 0) is 18.2 Å². The minimum absolute atomic E-state index is 0.126. The highest BCUT2D eigenvalue weighted by atomic mass is 16.5. The molecule has 14 heavy (non-hydrogen) atoms. The van der Waals surface area contributed by atoms with Gasteiger partial charge in [-0.2, -0.15) is 5.26 Å². The Morgan fingerprint density at radius 2 is 2.36 bits per heavy atom. The average molecular weight is 187 g/mol. The number of pyridine rings is 2. The standard InChI is InChI=1S/C9H5N3O2/c10-5-6-4-7-8(2-1-3-11-7)12(14)9(6)13/h1-4,14H. The first kappa shape index (κ1) is 8.26. The number of hydrogen-bond donors (Lipinski definition) is 1. The molecule has 1 N–H and O–H groups in total. The Morgan fingerprint density at radius 3 is 3.07 bits per heavy atom. The van der Waals surface area contributed by atoms with Crippen LogP contribution in [0, 0.1) is 11.3 Å². The third-order valence-corrected chi connectivity index (χ3v) is 1.87. The van der Waals surface area contributed by atoms with Crippen molar-refractivity contribution < 1.29 is 5.21 Å². The van der Waals surface area contributed by atoms with E-state index in [1.165, 1.54) is 12.3 Å². The van der Waals surface area contributed by atoms with E-state index in [0.29, 0.717) is 10.2 Å². The van der Waals surface area contributed by atoms with Crippen molar-refractivity contribution in [1.29, 1.82) is 5.26 Å². The highest BCUT2D eigenvalue weighted by molar-refractivity contribution is 5.75. The Kier molecular flexibility index (Phi) is 1.68. The topological polar surface area (TPSA) is 78.9 Å². The van der Waals surface area contributed by atoms with Gasteiger partial charge in [-0.25, -0.2) is 0 Å². The van der Waals surface area contributed by atoms with Gasteiger partial charge in [-0.15, -0.1) is 4.73 Å². The fourth-order valence-electron chi connectivity index (χ4n) is 1.20. The van der Waals surface area contributed by atoms with E-state index in [1.54, 1.807) is 18.2 Å². The maximum atomic E-state index is 11.3. The van der Waals surface area contributed by atoms with Gasteiger partial charge in [-0.1, -0.05) is 0 Å². The molecule has 5 heteroatoms. The van der Waals surface area contributed by atoms with E-state index < -0.39 is 5.56 Å². The van der Waals surface area contributed by atoms with Crippen molar-refractivity contribution in [1.82, 2.24) is 9.71 Å². The van der Waals surface area contributed by atoms with Gasteiger partial charge in [0, 0.05) is 6.20 Å². The number of hydrogen-bond acceptors (Lipinski definition) is 4. The lowest BCUT2D eigenvalue weighted by Gasteiger charge is -2.01. The zero-order valence-electron chi connectivity index (χ0n) is 7.01. The van der Waals surface area contributed by atoms with Crippen LogP contribution in [0.4, 0.5) is 0 Å². The predicted molar refractivity (Wildman–Crippen MR) is 47.9 cm³/mol. The third-order valence-electron chi connectivity index (χ3n) is 1.87. The van der Waals surface area contributed by atoms with Crippen LogP contribution in [-0.2, 0) is 0 Å². The number of fused-ring (bicyclic) bond motifs is 1. The summed E-state index contributed by atoms with van der Waals surface area (Å²) in [5, 5.41) is 18.0. The molecule has 68 valence electrons. The number of aromatic nitrogens is 2. The lowest BCUT2D eigenvalue weighted by molar-refractivity contribution is 0.188. The monoisotopic (exact) mass is 187 g/mol. The Balaban J connectivity index is 3.01. The van der Waals surface area contributed by atoms with E-state index in [1.807, 2.05) is 0 Å². The van der Waals surface area contributed by atoms with Gasteiger partial charge in [0.2, 0.25) is 0 Å². The molecule has 0 bridgehead atoms. The zero-order valence-corrected chi connectivity index (χ0v) is 7.01. The van der Waals surface area contributed by atoms with E-state index >= 15 is 0 Å². The molecule has 0 aliphatic rings. The van der Waals surface area contributed by atoms with Crippen LogP contribution in [-0.4, -0.2) is 14.9 Å². The lowest BCUT2D eigenvalue weighted by Crippen LogP contribution is -2.20. The lowest BCUT2D eigenvalue weighted by atomic mass is 10.2. The molecule has 0 spiro atoms. The van der Waals surface area contributed by atoms with Crippen molar-refractivity contribution in [2.75, 3.05) is 0 Å². The Hall–Kier alpha value is -2.35. The minimum Gasteiger partial charge on any atom is -0.425 e. The number of nitrogens with zero attached hydrogens (tertiary/aromatic N) is 3. The summed E-state index contributed by atoms with van der Waals surface area (Å²) in [6.07, 6.45) is 1.52. The molecule has 0 aromatic carbocycles. The van der Waals surface area contributed by atoms with E-state index in [2.05, 4.69) is 4.98 Å². The first-order valence-corrected chi connectivity index (χ1v) is 3.84. The Bertz CT molecular complexity index is 595. The molecule has 0 saturated heterocycles. The van der Waals surface area contributed by atoms with Crippen molar-refractivity contribution >= 4 is 11.0 Å². The van der Waals surface area contributed by atoms with Gasteiger partial charge < -0.3 is 5.21 Å². The quantitative estimate of drug-likeness (QED) is 0.609. The van der Waals surface area contributed by atoms with Crippen molar-refractivity contribution in [3.05, 3.63) is 40.3 Å². The van der Waals surface area contributed by atoms with Gasteiger partial charge in [0.25, 0.3) is 0 Å². The van der Waals surface area contributed by atoms with Crippen molar-refractivity contribution in [2.24, 2.45) is 0 Å². The van der Waals surface area contributed by atoms with Crippen LogP contribution < -0.4 is 5.56 Å². The van der Waals surface area contributed by atoms with Crippen molar-refractivity contribution in [2.45, 2.75) is 0 Å². The third kappa shape index (κ3) is 1.02. The van der Waals surface area contributed by atoms with Gasteiger partial charge >= 0.3 is 5.56 Å². The summed E-state index contributed by atoms with van der Waals surface area (Å²) in [7, 11) is 0. The normalized spacial score (nSPS) is 9.93. The molecule has 2 aromatic heterocycles. The fraction of sp³-hybridized carbons (Fsp3) is 0. The summed E-state index contributed by atoms with van der Waals surface area (Å²) < 4.78 is 0.431. The van der Waals surface area contributed by atoms with E-state index in [0.717, 1.165) is 0 Å². The molecule has 0 aliphatic carbocycles.